The molecule has 0 aliphatic carbocycles. The number of ether oxygens (including phenoxy) is 6. The molecule has 22 heteroatoms. The molecule has 21 nitrogen and oxygen atoms in total. The Bertz CT molecular complexity index is 1590. The molecule has 358 valence electrons. The summed E-state index contributed by atoms with van der Waals surface area (Å²) in [7, 11) is 5.05. The van der Waals surface area contributed by atoms with Crippen LogP contribution in [0.25, 0.3) is 0 Å². The van der Waals surface area contributed by atoms with Gasteiger partial charge in [0.25, 0.3) is 0 Å². The van der Waals surface area contributed by atoms with E-state index in [-0.39, 0.29) is 76.5 Å². The maximum Gasteiger partial charge on any atom is 0.411 e. The van der Waals surface area contributed by atoms with Crippen LogP contribution >= 0.6 is 0 Å². The van der Waals surface area contributed by atoms with Crippen molar-refractivity contribution in [3.8, 4) is 0 Å². The van der Waals surface area contributed by atoms with Gasteiger partial charge in [-0.1, -0.05) is 0 Å². The maximum atomic E-state index is 12.1. The van der Waals surface area contributed by atoms with Crippen molar-refractivity contribution in [2.45, 2.75) is 161 Å². The highest BCUT2D eigenvalue weighted by Gasteiger charge is 2.47. The van der Waals surface area contributed by atoms with Crippen molar-refractivity contribution < 1.29 is 82.1 Å². The molecule has 0 saturated carbocycles. The third-order valence-electron chi connectivity index (χ3n) is 9.10. The summed E-state index contributed by atoms with van der Waals surface area (Å²) in [5.41, 5.74) is -3.18. The second-order valence-electron chi connectivity index (χ2n) is 17.7. The minimum atomic E-state index is -1.10. The average molecular weight is 901 g/mol. The number of carbonyl (C=O) groups is 8. The van der Waals surface area contributed by atoms with Crippen LogP contribution in [0.2, 0.25) is 0 Å². The van der Waals surface area contributed by atoms with E-state index < -0.39 is 82.5 Å². The van der Waals surface area contributed by atoms with Crippen LogP contribution in [0.3, 0.4) is 0 Å². The molecular formula is C41H69BN4O17. The van der Waals surface area contributed by atoms with Crippen molar-refractivity contribution in [3.63, 3.8) is 0 Å². The van der Waals surface area contributed by atoms with Crippen LogP contribution in [0.1, 0.15) is 109 Å². The Morgan fingerprint density at radius 1 is 0.683 bits per heavy atom. The van der Waals surface area contributed by atoms with E-state index in [1.807, 2.05) is 0 Å². The molecule has 0 aromatic carbocycles. The molecule has 0 spiro atoms. The van der Waals surface area contributed by atoms with Gasteiger partial charge in [0.15, 0.2) is 11.6 Å². The summed E-state index contributed by atoms with van der Waals surface area (Å²) in [6.45, 7) is 22.1. The van der Waals surface area contributed by atoms with Gasteiger partial charge in [0.05, 0.1) is 56.8 Å². The second kappa shape index (κ2) is 24.5. The topological polar surface area (TPSA) is 274 Å². The summed E-state index contributed by atoms with van der Waals surface area (Å²) in [5, 5.41) is 31.7. The van der Waals surface area contributed by atoms with Crippen LogP contribution in [0.15, 0.2) is 0 Å². The van der Waals surface area contributed by atoms with Gasteiger partial charge in [0.1, 0.15) is 35.4 Å². The number of esters is 4. The summed E-state index contributed by atoms with van der Waals surface area (Å²) >= 11 is 0. The summed E-state index contributed by atoms with van der Waals surface area (Å²) in [4.78, 5) is 95.6. The lowest BCUT2D eigenvalue weighted by Gasteiger charge is -2.27. The SMILES string of the molecule is CCOC(=O)[C@@H]1CC(=O)CN1C(=O)OC(C)(C)C.CCOC(=O)[C@@H]1CC(C)(O)CN1.CCOC(=O)[C@@H]1CC(C)(O)CN1C(=O)OC(C)(C)C.[B]C(=O)N1C[C@H](O)C[C@H]1C(=O)OCC. The van der Waals surface area contributed by atoms with E-state index in [2.05, 4.69) is 5.32 Å². The number of aliphatic hydroxyl groups is 3. The Kier molecular flexibility index (Phi) is 22.0. The van der Waals surface area contributed by atoms with Gasteiger partial charge in [-0.2, -0.15) is 0 Å². The summed E-state index contributed by atoms with van der Waals surface area (Å²) in [6.07, 6.45) is -1.18. The third kappa shape index (κ3) is 19.8. The Hall–Kier alpha value is -4.54. The number of carbonyl (C=O) groups excluding carboxylic acids is 8. The molecule has 0 aromatic rings. The molecule has 4 aliphatic rings. The number of nitrogens with zero attached hydrogens (tertiary/aromatic N) is 3. The molecule has 7 atom stereocenters. The van der Waals surface area contributed by atoms with Crippen molar-refractivity contribution in [1.29, 1.82) is 0 Å². The lowest BCUT2D eigenvalue weighted by molar-refractivity contribution is -0.149. The van der Waals surface area contributed by atoms with E-state index >= 15 is 0 Å². The lowest BCUT2D eigenvalue weighted by Crippen LogP contribution is -2.44. The van der Waals surface area contributed by atoms with Crippen LogP contribution in [0.4, 0.5) is 14.4 Å². The molecule has 4 N–H and O–H groups in total. The monoisotopic (exact) mass is 900 g/mol. The molecule has 3 amide bonds. The van der Waals surface area contributed by atoms with Gasteiger partial charge in [-0.25, -0.2) is 24.0 Å². The standard InChI is InChI=1S/C13H23NO5.C12H19NO5.C8H12BNO4.C8H15NO3/c1-6-18-10(15)9-7-13(5,17)8-14(9)11(16)19-12(2,3)4;1-5-17-10(15)9-6-8(14)7-13(9)11(16)18-12(2,3)4;1-2-14-7(12)6-3-5(11)4-10(6)8(9)13;1-3-12-7(10)6-4-8(2,11)5-9-6/h9,17H,6-8H2,1-5H3;9H,5-7H2,1-4H3;5-6,11H,2-4H2,1H3;6,9,11H,3-5H2,1-2H3/t9-,13?;9-;5-,6+;6-,8?/m0010/s1. The van der Waals surface area contributed by atoms with E-state index in [4.69, 9.17) is 36.3 Å². The fraction of sp³-hybridized carbons (Fsp3) is 0.805. The van der Waals surface area contributed by atoms with Crippen LogP contribution in [0, 0.1) is 0 Å². The zero-order valence-corrected chi connectivity index (χ0v) is 38.8. The van der Waals surface area contributed by atoms with Crippen molar-refractivity contribution in [2.24, 2.45) is 0 Å². The first-order valence-electron chi connectivity index (χ1n) is 21.0. The quantitative estimate of drug-likeness (QED) is 0.152. The number of nitrogens with one attached hydrogen (secondary N) is 1. The number of aliphatic hydroxyl groups excluding tert-OH is 1. The molecule has 0 bridgehead atoms. The zero-order valence-electron chi connectivity index (χ0n) is 38.8. The number of rotatable bonds is 8. The van der Waals surface area contributed by atoms with Crippen molar-refractivity contribution in [3.05, 3.63) is 0 Å². The molecule has 63 heavy (non-hydrogen) atoms. The largest absolute Gasteiger partial charge is 0.465 e. The van der Waals surface area contributed by atoms with E-state index in [0.29, 0.717) is 19.6 Å². The van der Waals surface area contributed by atoms with E-state index in [1.54, 1.807) is 83.1 Å². The Balaban J connectivity index is 0.000000426. The van der Waals surface area contributed by atoms with Crippen molar-refractivity contribution in [2.75, 3.05) is 52.6 Å². The minimum Gasteiger partial charge on any atom is -0.465 e. The van der Waals surface area contributed by atoms with Crippen LogP contribution in [-0.4, -0.2) is 191 Å². The average Bonchev–Trinajstić information content (AvgIpc) is 3.91. The summed E-state index contributed by atoms with van der Waals surface area (Å²) in [6, 6.07) is -2.71. The number of hydrogen-bond donors (Lipinski definition) is 4. The van der Waals surface area contributed by atoms with Gasteiger partial charge in [-0.05, 0) is 83.1 Å². The summed E-state index contributed by atoms with van der Waals surface area (Å²) in [5.74, 6) is -2.73. The molecule has 2 unspecified atom stereocenters. The third-order valence-corrected chi connectivity index (χ3v) is 9.10. The van der Waals surface area contributed by atoms with Crippen molar-refractivity contribution >= 4 is 55.5 Å². The van der Waals surface area contributed by atoms with Gasteiger partial charge in [-0.3, -0.25) is 24.2 Å². The highest BCUT2D eigenvalue weighted by molar-refractivity contribution is 6.57. The number of β-amino-alcohol motifs (C(OH)–C–C–N with tert-alkyl or cyclic N) is 3. The predicted octanol–water partition coefficient (Wildman–Crippen LogP) is 1.37. The predicted molar refractivity (Wildman–Crippen MR) is 224 cm³/mol. The number of ketones is 1. The molecular weight excluding hydrogens is 831 g/mol. The highest BCUT2D eigenvalue weighted by Crippen LogP contribution is 2.29. The van der Waals surface area contributed by atoms with Gasteiger partial charge < -0.3 is 54.0 Å². The zero-order chi connectivity index (χ0) is 48.7. The smallest absolute Gasteiger partial charge is 0.411 e. The first-order valence-corrected chi connectivity index (χ1v) is 21.0. The van der Waals surface area contributed by atoms with Gasteiger partial charge >= 0.3 is 36.1 Å². The van der Waals surface area contributed by atoms with Gasteiger partial charge in [0, 0.05) is 38.8 Å². The normalized spacial score (nSPS) is 26.4. The Morgan fingerprint density at radius 3 is 1.56 bits per heavy atom. The van der Waals surface area contributed by atoms with Crippen LogP contribution in [-0.2, 0) is 52.4 Å². The molecule has 4 saturated heterocycles. The van der Waals surface area contributed by atoms with Crippen LogP contribution in [0.5, 0.6) is 0 Å². The highest BCUT2D eigenvalue weighted by atomic mass is 16.6. The van der Waals surface area contributed by atoms with E-state index in [0.717, 1.165) is 9.80 Å². The number of amides is 3. The minimum absolute atomic E-state index is 0.00191. The number of Topliss-reactive ketones (excluding diaryl/α,β-unsaturated/α-hetero) is 1. The van der Waals surface area contributed by atoms with Crippen molar-refractivity contribution in [1.82, 2.24) is 20.0 Å². The molecule has 0 aromatic heterocycles. The fourth-order valence-corrected chi connectivity index (χ4v) is 6.54. The Labute approximate surface area is 371 Å². The molecule has 4 fully saturated rings. The second-order valence-corrected chi connectivity index (χ2v) is 17.7. The fourth-order valence-electron chi connectivity index (χ4n) is 6.54. The lowest BCUT2D eigenvalue weighted by atomic mass is 10.0. The molecule has 4 aliphatic heterocycles. The summed E-state index contributed by atoms with van der Waals surface area (Å²) < 4.78 is 29.7. The van der Waals surface area contributed by atoms with Gasteiger partial charge in [0.2, 0.25) is 7.85 Å². The van der Waals surface area contributed by atoms with E-state index in [9.17, 15) is 53.7 Å². The molecule has 4 rings (SSSR count). The van der Waals surface area contributed by atoms with E-state index in [1.165, 1.54) is 4.90 Å². The number of hydrogen-bond acceptors (Lipinski definition) is 18. The molecule has 4 heterocycles. The first kappa shape index (κ1) is 56.5. The molecule has 2 radical (unpaired) electrons. The van der Waals surface area contributed by atoms with Gasteiger partial charge in [-0.15, -0.1) is 0 Å². The maximum absolute atomic E-state index is 12.1. The van der Waals surface area contributed by atoms with Crippen LogP contribution < -0.4 is 5.32 Å². The number of likely N-dealkylation sites (tertiary alicyclic amines) is 3. The Morgan fingerprint density at radius 2 is 1.13 bits per heavy atom. The first-order chi connectivity index (χ1) is 28.9.